The highest BCUT2D eigenvalue weighted by Crippen LogP contribution is 2.27. The smallest absolute Gasteiger partial charge is 0.408 e. The molecular formula is C32H47N3O5. The zero-order valence-corrected chi connectivity index (χ0v) is 25.4. The molecule has 0 bridgehead atoms. The van der Waals surface area contributed by atoms with E-state index in [1.807, 2.05) is 45.0 Å². The SMILES string of the molecule is CCCCN(C(=O)C(CC(C)C)NC(=O)OC(C)(C)C)C(C(=O)Nc1ccc(OC)cc1)c1ccc(CC)cc1. The minimum absolute atomic E-state index is 0.118. The van der Waals surface area contributed by atoms with Crippen LogP contribution < -0.4 is 15.4 Å². The molecule has 220 valence electrons. The van der Waals surface area contributed by atoms with E-state index < -0.39 is 23.8 Å². The molecule has 2 unspecified atom stereocenters. The summed E-state index contributed by atoms with van der Waals surface area (Å²) in [5, 5.41) is 5.77. The van der Waals surface area contributed by atoms with Crippen LogP contribution in [0.2, 0.25) is 0 Å². The predicted octanol–water partition coefficient (Wildman–Crippen LogP) is 6.51. The number of anilines is 1. The maximum Gasteiger partial charge on any atom is 0.408 e. The van der Waals surface area contributed by atoms with E-state index in [2.05, 4.69) is 17.6 Å². The monoisotopic (exact) mass is 553 g/mol. The number of nitrogens with zero attached hydrogens (tertiary/aromatic N) is 1. The first-order valence-corrected chi connectivity index (χ1v) is 14.2. The highest BCUT2D eigenvalue weighted by atomic mass is 16.6. The van der Waals surface area contributed by atoms with Crippen molar-refractivity contribution in [2.24, 2.45) is 5.92 Å². The van der Waals surface area contributed by atoms with Crippen molar-refractivity contribution in [3.8, 4) is 5.75 Å². The number of ether oxygens (including phenoxy) is 2. The molecule has 40 heavy (non-hydrogen) atoms. The standard InChI is InChI=1S/C32H47N3O5/c1-9-11-20-35(30(37)27(21-22(3)4)34-31(38)40-32(5,6)7)28(24-14-12-23(10-2)13-15-24)29(36)33-25-16-18-26(39-8)19-17-25/h12-19,22,27-28H,9-11,20-21H2,1-8H3,(H,33,36)(H,34,38). The second-order valence-corrected chi connectivity index (χ2v) is 11.4. The Hall–Kier alpha value is -3.55. The molecule has 0 heterocycles. The van der Waals surface area contributed by atoms with E-state index >= 15 is 0 Å². The Labute approximate surface area is 239 Å². The van der Waals surface area contributed by atoms with Crippen molar-refractivity contribution in [1.29, 1.82) is 0 Å². The Balaban J connectivity index is 2.52. The lowest BCUT2D eigenvalue weighted by molar-refractivity contribution is -0.141. The number of carbonyl (C=O) groups excluding carboxylic acids is 3. The molecule has 0 aliphatic carbocycles. The molecular weight excluding hydrogens is 506 g/mol. The van der Waals surface area contributed by atoms with E-state index in [0.29, 0.717) is 36.4 Å². The molecule has 8 heteroatoms. The van der Waals surface area contributed by atoms with Crippen molar-refractivity contribution >= 4 is 23.6 Å². The summed E-state index contributed by atoms with van der Waals surface area (Å²) in [4.78, 5) is 42.5. The number of rotatable bonds is 13. The zero-order chi connectivity index (χ0) is 29.9. The fourth-order valence-corrected chi connectivity index (χ4v) is 4.33. The number of hydrogen-bond acceptors (Lipinski definition) is 5. The largest absolute Gasteiger partial charge is 0.497 e. The number of aryl methyl sites for hydroxylation is 1. The number of unbranched alkanes of at least 4 members (excludes halogenated alkanes) is 1. The van der Waals surface area contributed by atoms with Gasteiger partial charge >= 0.3 is 6.09 Å². The van der Waals surface area contributed by atoms with Crippen molar-refractivity contribution in [1.82, 2.24) is 10.2 Å². The van der Waals surface area contributed by atoms with E-state index in [-0.39, 0.29) is 17.7 Å². The van der Waals surface area contributed by atoms with E-state index in [1.165, 1.54) is 0 Å². The molecule has 8 nitrogen and oxygen atoms in total. The average molecular weight is 554 g/mol. The quantitative estimate of drug-likeness (QED) is 0.295. The van der Waals surface area contributed by atoms with Crippen molar-refractivity contribution in [3.63, 3.8) is 0 Å². The minimum Gasteiger partial charge on any atom is -0.497 e. The Kier molecular flexibility index (Phi) is 12.5. The molecule has 0 saturated heterocycles. The summed E-state index contributed by atoms with van der Waals surface area (Å²) in [7, 11) is 1.58. The molecule has 2 atom stereocenters. The second-order valence-electron chi connectivity index (χ2n) is 11.4. The van der Waals surface area contributed by atoms with Gasteiger partial charge in [-0.2, -0.15) is 0 Å². The van der Waals surface area contributed by atoms with Gasteiger partial charge < -0.3 is 25.0 Å². The third-order valence-electron chi connectivity index (χ3n) is 6.35. The van der Waals surface area contributed by atoms with Gasteiger partial charge in [-0.3, -0.25) is 9.59 Å². The van der Waals surface area contributed by atoms with Gasteiger partial charge in [-0.05, 0) is 81.3 Å². The first-order valence-electron chi connectivity index (χ1n) is 14.2. The topological polar surface area (TPSA) is 97.0 Å². The molecule has 0 aromatic heterocycles. The number of alkyl carbamates (subject to hydrolysis) is 1. The van der Waals surface area contributed by atoms with Gasteiger partial charge in [0, 0.05) is 12.2 Å². The summed E-state index contributed by atoms with van der Waals surface area (Å²) in [6.45, 7) is 13.8. The maximum atomic E-state index is 14.2. The van der Waals surface area contributed by atoms with E-state index in [0.717, 1.165) is 18.4 Å². The molecule has 2 aromatic carbocycles. The third kappa shape index (κ3) is 10.2. The van der Waals surface area contributed by atoms with Gasteiger partial charge in [-0.15, -0.1) is 0 Å². The van der Waals surface area contributed by atoms with Gasteiger partial charge in [0.15, 0.2) is 0 Å². The van der Waals surface area contributed by atoms with Crippen molar-refractivity contribution in [2.45, 2.75) is 91.8 Å². The summed E-state index contributed by atoms with van der Waals surface area (Å²) in [5.74, 6) is 0.142. The van der Waals surface area contributed by atoms with Crippen LogP contribution in [0.25, 0.3) is 0 Å². The summed E-state index contributed by atoms with van der Waals surface area (Å²) in [6, 6.07) is 13.1. The van der Waals surface area contributed by atoms with Crippen LogP contribution in [-0.2, 0) is 20.7 Å². The molecule has 0 spiro atoms. The fraction of sp³-hybridized carbons (Fsp3) is 0.531. The molecule has 0 saturated carbocycles. The highest BCUT2D eigenvalue weighted by molar-refractivity contribution is 5.99. The van der Waals surface area contributed by atoms with Crippen LogP contribution in [0.1, 0.15) is 84.9 Å². The van der Waals surface area contributed by atoms with Crippen LogP contribution in [0.15, 0.2) is 48.5 Å². The third-order valence-corrected chi connectivity index (χ3v) is 6.35. The fourth-order valence-electron chi connectivity index (χ4n) is 4.33. The summed E-state index contributed by atoms with van der Waals surface area (Å²) < 4.78 is 10.7. The summed E-state index contributed by atoms with van der Waals surface area (Å²) in [6.07, 6.45) is 2.14. The van der Waals surface area contributed by atoms with Crippen molar-refractivity contribution < 1.29 is 23.9 Å². The minimum atomic E-state index is -0.901. The van der Waals surface area contributed by atoms with Crippen LogP contribution in [-0.4, -0.2) is 48.1 Å². The highest BCUT2D eigenvalue weighted by Gasteiger charge is 2.36. The molecule has 0 aliphatic rings. The molecule has 2 aromatic rings. The predicted molar refractivity (Wildman–Crippen MR) is 159 cm³/mol. The van der Waals surface area contributed by atoms with E-state index in [9.17, 15) is 14.4 Å². The first kappa shape index (κ1) is 32.7. The average Bonchev–Trinajstić information content (AvgIpc) is 2.89. The molecule has 3 amide bonds. The van der Waals surface area contributed by atoms with E-state index in [4.69, 9.17) is 9.47 Å². The van der Waals surface area contributed by atoms with Gasteiger partial charge in [0.05, 0.1) is 7.11 Å². The maximum absolute atomic E-state index is 14.2. The lowest BCUT2D eigenvalue weighted by Gasteiger charge is -2.35. The Morgan fingerprint density at radius 2 is 1.57 bits per heavy atom. The number of benzene rings is 2. The Morgan fingerprint density at radius 3 is 2.08 bits per heavy atom. The van der Waals surface area contributed by atoms with Gasteiger partial charge in [0.2, 0.25) is 5.91 Å². The van der Waals surface area contributed by atoms with Gasteiger partial charge in [-0.25, -0.2) is 4.79 Å². The number of hydrogen-bond donors (Lipinski definition) is 2. The second kappa shape index (κ2) is 15.3. The van der Waals surface area contributed by atoms with Crippen LogP contribution in [0.3, 0.4) is 0 Å². The van der Waals surface area contributed by atoms with Gasteiger partial charge in [-0.1, -0.05) is 58.4 Å². The summed E-state index contributed by atoms with van der Waals surface area (Å²) in [5.41, 5.74) is 1.72. The number of carbonyl (C=O) groups is 3. The molecule has 2 rings (SSSR count). The van der Waals surface area contributed by atoms with Crippen LogP contribution in [0.4, 0.5) is 10.5 Å². The molecule has 2 N–H and O–H groups in total. The van der Waals surface area contributed by atoms with Crippen molar-refractivity contribution in [2.75, 3.05) is 19.0 Å². The first-order chi connectivity index (χ1) is 18.9. The molecule has 0 aliphatic heterocycles. The Morgan fingerprint density at radius 1 is 0.950 bits per heavy atom. The Bertz CT molecular complexity index is 1090. The van der Waals surface area contributed by atoms with Gasteiger partial charge in [0.25, 0.3) is 5.91 Å². The lowest BCUT2D eigenvalue weighted by Crippen LogP contribution is -2.53. The lowest BCUT2D eigenvalue weighted by atomic mass is 9.98. The van der Waals surface area contributed by atoms with Crippen molar-refractivity contribution in [3.05, 3.63) is 59.7 Å². The molecule has 0 radical (unpaired) electrons. The zero-order valence-electron chi connectivity index (χ0n) is 25.4. The van der Waals surface area contributed by atoms with Crippen LogP contribution in [0.5, 0.6) is 5.75 Å². The van der Waals surface area contributed by atoms with Gasteiger partial charge in [0.1, 0.15) is 23.4 Å². The normalized spacial score (nSPS) is 12.8. The summed E-state index contributed by atoms with van der Waals surface area (Å²) >= 11 is 0. The van der Waals surface area contributed by atoms with E-state index in [1.54, 1.807) is 57.0 Å². The number of methoxy groups -OCH3 is 1. The number of amides is 3. The van der Waals surface area contributed by atoms with Crippen LogP contribution >= 0.6 is 0 Å². The van der Waals surface area contributed by atoms with Crippen LogP contribution in [0, 0.1) is 5.92 Å². The number of nitrogens with one attached hydrogen (secondary N) is 2. The molecule has 0 fully saturated rings.